The summed E-state index contributed by atoms with van der Waals surface area (Å²) < 4.78 is 24.9. The number of nitrogens with zero attached hydrogens (tertiary/aromatic N) is 2. The van der Waals surface area contributed by atoms with E-state index in [2.05, 4.69) is 26.0 Å². The van der Waals surface area contributed by atoms with Crippen molar-refractivity contribution in [1.82, 2.24) is 10.3 Å². The van der Waals surface area contributed by atoms with Crippen LogP contribution in [0.5, 0.6) is 0 Å². The minimum Gasteiger partial charge on any atom is -0.371 e. The fourth-order valence-electron chi connectivity index (χ4n) is 2.99. The molecule has 0 aliphatic carbocycles. The van der Waals surface area contributed by atoms with E-state index in [1.165, 1.54) is 12.8 Å². The average molecular weight is 395 g/mol. The van der Waals surface area contributed by atoms with Gasteiger partial charge < -0.3 is 10.2 Å². The molecule has 2 N–H and O–H groups in total. The summed E-state index contributed by atoms with van der Waals surface area (Å²) in [5.41, 5.74) is 2.73. The molecule has 0 atom stereocenters. The lowest BCUT2D eigenvalue weighted by atomic mass is 10.1. The molecule has 1 fully saturated rings. The molecule has 1 aliphatic heterocycles. The third-order valence-electron chi connectivity index (χ3n) is 4.15. The number of para-hydroxylation sites is 1. The lowest BCUT2D eigenvalue weighted by Crippen LogP contribution is -2.25. The van der Waals surface area contributed by atoms with Crippen LogP contribution < -0.4 is 14.9 Å². The molecule has 140 valence electrons. The van der Waals surface area contributed by atoms with Crippen LogP contribution in [0.3, 0.4) is 0 Å². The van der Waals surface area contributed by atoms with E-state index in [0.29, 0.717) is 17.1 Å². The summed E-state index contributed by atoms with van der Waals surface area (Å²) in [6.07, 6.45) is 3.44. The third kappa shape index (κ3) is 4.53. The van der Waals surface area contributed by atoms with Gasteiger partial charge in [0.05, 0.1) is 11.9 Å². The van der Waals surface area contributed by atoms with Crippen molar-refractivity contribution in [3.05, 3.63) is 40.4 Å². The minimum atomic E-state index is -3.42. The Hall–Kier alpha value is -2.13. The highest BCUT2D eigenvalue weighted by Gasteiger charge is 2.19. The van der Waals surface area contributed by atoms with Gasteiger partial charge in [-0.25, -0.2) is 13.4 Å². The predicted molar refractivity (Wildman–Crippen MR) is 104 cm³/mol. The average Bonchev–Trinajstić information content (AvgIpc) is 3.21. The SMILES string of the molecule is Cc1nc(NS(C)(=O)=O)sc1C(=O)NCc1ccccc1N1CCCC1. The molecule has 9 heteroatoms. The Kier molecular flexibility index (Phi) is 5.47. The number of hydrogen-bond acceptors (Lipinski definition) is 6. The first-order chi connectivity index (χ1) is 12.3. The van der Waals surface area contributed by atoms with E-state index in [1.54, 1.807) is 6.92 Å². The van der Waals surface area contributed by atoms with Gasteiger partial charge in [-0.3, -0.25) is 9.52 Å². The van der Waals surface area contributed by atoms with Crippen LogP contribution in [0.2, 0.25) is 0 Å². The Morgan fingerprint density at radius 1 is 1.27 bits per heavy atom. The summed E-state index contributed by atoms with van der Waals surface area (Å²) in [5.74, 6) is -0.252. The van der Waals surface area contributed by atoms with Gasteiger partial charge in [-0.05, 0) is 31.4 Å². The molecule has 7 nitrogen and oxygen atoms in total. The molecule has 3 rings (SSSR count). The quantitative estimate of drug-likeness (QED) is 0.785. The highest BCUT2D eigenvalue weighted by atomic mass is 32.2. The van der Waals surface area contributed by atoms with Gasteiger partial charge in [0.15, 0.2) is 5.13 Å². The van der Waals surface area contributed by atoms with Crippen LogP contribution in [0, 0.1) is 6.92 Å². The van der Waals surface area contributed by atoms with Crippen LogP contribution in [0.1, 0.15) is 33.8 Å². The molecule has 2 heterocycles. The maximum atomic E-state index is 12.5. The number of carbonyl (C=O) groups excluding carboxylic acids is 1. The van der Waals surface area contributed by atoms with Crippen molar-refractivity contribution < 1.29 is 13.2 Å². The van der Waals surface area contributed by atoms with Gasteiger partial charge >= 0.3 is 0 Å². The Morgan fingerprint density at radius 3 is 2.65 bits per heavy atom. The first-order valence-electron chi connectivity index (χ1n) is 8.40. The van der Waals surface area contributed by atoms with Gasteiger partial charge in [0.25, 0.3) is 5.91 Å². The molecule has 26 heavy (non-hydrogen) atoms. The summed E-state index contributed by atoms with van der Waals surface area (Å²) in [6, 6.07) is 8.07. The zero-order chi connectivity index (χ0) is 18.7. The normalized spacial score (nSPS) is 14.5. The van der Waals surface area contributed by atoms with Crippen LogP contribution in [-0.2, 0) is 16.6 Å². The van der Waals surface area contributed by atoms with Gasteiger partial charge in [-0.1, -0.05) is 29.5 Å². The predicted octanol–water partition coefficient (Wildman–Crippen LogP) is 2.35. The van der Waals surface area contributed by atoms with Crippen molar-refractivity contribution in [3.63, 3.8) is 0 Å². The number of aryl methyl sites for hydroxylation is 1. The second-order valence-corrected chi connectivity index (χ2v) is 9.06. The number of benzene rings is 1. The number of rotatable bonds is 6. The lowest BCUT2D eigenvalue weighted by molar-refractivity contribution is 0.0954. The van der Waals surface area contributed by atoms with Crippen molar-refractivity contribution >= 4 is 38.1 Å². The standard InChI is InChI=1S/C17H22N4O3S2/c1-12-15(25-17(19-12)20-26(2,23)24)16(22)18-11-13-7-3-4-8-14(13)21-9-5-6-10-21/h3-4,7-8H,5-6,9-11H2,1-2H3,(H,18,22)(H,19,20). The Labute approximate surface area is 157 Å². The monoisotopic (exact) mass is 394 g/mol. The first-order valence-corrected chi connectivity index (χ1v) is 11.1. The van der Waals surface area contributed by atoms with E-state index < -0.39 is 10.0 Å². The van der Waals surface area contributed by atoms with Crippen molar-refractivity contribution in [3.8, 4) is 0 Å². The number of nitrogens with one attached hydrogen (secondary N) is 2. The topological polar surface area (TPSA) is 91.4 Å². The molecule has 2 aromatic rings. The van der Waals surface area contributed by atoms with E-state index in [9.17, 15) is 13.2 Å². The number of thiazole rings is 1. The second-order valence-electron chi connectivity index (χ2n) is 6.31. The molecule has 0 unspecified atom stereocenters. The number of sulfonamides is 1. The molecule has 1 aromatic heterocycles. The van der Waals surface area contributed by atoms with Crippen LogP contribution in [0.4, 0.5) is 10.8 Å². The number of amides is 1. The summed E-state index contributed by atoms with van der Waals surface area (Å²) in [5, 5.41) is 3.13. The fraction of sp³-hybridized carbons (Fsp3) is 0.412. The van der Waals surface area contributed by atoms with Gasteiger partial charge in [0.1, 0.15) is 4.88 Å². The summed E-state index contributed by atoms with van der Waals surface area (Å²) >= 11 is 1.04. The zero-order valence-corrected chi connectivity index (χ0v) is 16.4. The summed E-state index contributed by atoms with van der Waals surface area (Å²) in [4.78, 5) is 19.4. The van der Waals surface area contributed by atoms with Crippen LogP contribution in [-0.4, -0.2) is 38.7 Å². The maximum Gasteiger partial charge on any atom is 0.263 e. The van der Waals surface area contributed by atoms with Crippen molar-refractivity contribution in [2.75, 3.05) is 29.0 Å². The molecule has 0 bridgehead atoms. The van der Waals surface area contributed by atoms with Crippen molar-refractivity contribution in [2.45, 2.75) is 26.3 Å². The molecule has 0 saturated carbocycles. The minimum absolute atomic E-state index is 0.201. The number of hydrogen-bond donors (Lipinski definition) is 2. The first kappa shape index (κ1) is 18.7. The number of aromatic nitrogens is 1. The summed E-state index contributed by atoms with van der Waals surface area (Å²) in [7, 11) is -3.42. The molecule has 1 saturated heterocycles. The van der Waals surface area contributed by atoms with Crippen LogP contribution in [0.15, 0.2) is 24.3 Å². The summed E-state index contributed by atoms with van der Waals surface area (Å²) in [6.45, 7) is 4.19. The molecule has 0 radical (unpaired) electrons. The Balaban J connectivity index is 1.70. The third-order valence-corrected chi connectivity index (χ3v) is 5.92. The van der Waals surface area contributed by atoms with Gasteiger partial charge in [-0.15, -0.1) is 0 Å². The fourth-order valence-corrected chi connectivity index (χ4v) is 4.71. The largest absolute Gasteiger partial charge is 0.371 e. The molecule has 1 aliphatic rings. The van der Waals surface area contributed by atoms with E-state index in [4.69, 9.17) is 0 Å². The number of anilines is 2. The van der Waals surface area contributed by atoms with E-state index in [1.807, 2.05) is 18.2 Å². The Morgan fingerprint density at radius 2 is 1.96 bits per heavy atom. The van der Waals surface area contributed by atoms with Crippen LogP contribution in [0.25, 0.3) is 0 Å². The molecule has 0 spiro atoms. The van der Waals surface area contributed by atoms with Crippen molar-refractivity contribution in [1.29, 1.82) is 0 Å². The van der Waals surface area contributed by atoms with E-state index in [-0.39, 0.29) is 11.0 Å². The molecular weight excluding hydrogens is 372 g/mol. The zero-order valence-electron chi connectivity index (χ0n) is 14.8. The van der Waals surface area contributed by atoms with Crippen LogP contribution >= 0.6 is 11.3 Å². The van der Waals surface area contributed by atoms with Gasteiger partial charge in [0.2, 0.25) is 10.0 Å². The maximum absolute atomic E-state index is 12.5. The lowest BCUT2D eigenvalue weighted by Gasteiger charge is -2.21. The molecule has 1 amide bonds. The smallest absolute Gasteiger partial charge is 0.263 e. The highest BCUT2D eigenvalue weighted by molar-refractivity contribution is 7.92. The number of carbonyl (C=O) groups is 1. The van der Waals surface area contributed by atoms with Gasteiger partial charge in [0, 0.05) is 25.3 Å². The Bertz CT molecular complexity index is 902. The van der Waals surface area contributed by atoms with E-state index in [0.717, 1.165) is 41.9 Å². The van der Waals surface area contributed by atoms with E-state index >= 15 is 0 Å². The highest BCUT2D eigenvalue weighted by Crippen LogP contribution is 2.26. The van der Waals surface area contributed by atoms with Crippen molar-refractivity contribution in [2.24, 2.45) is 0 Å². The van der Waals surface area contributed by atoms with Gasteiger partial charge in [-0.2, -0.15) is 0 Å². The second kappa shape index (κ2) is 7.63. The molecular formula is C17H22N4O3S2. The molecule has 1 aromatic carbocycles.